The predicted molar refractivity (Wildman–Crippen MR) is 318 cm³/mol. The van der Waals surface area contributed by atoms with Crippen LogP contribution in [-0.2, 0) is 32.7 Å². The van der Waals surface area contributed by atoms with E-state index < -0.39 is 32.5 Å². The van der Waals surface area contributed by atoms with Gasteiger partial charge in [0.05, 0.1) is 27.7 Å². The van der Waals surface area contributed by atoms with Crippen molar-refractivity contribution < 1.29 is 42.1 Å². The van der Waals surface area contributed by atoms with Crippen molar-refractivity contribution in [2.24, 2.45) is 0 Å². The summed E-state index contributed by atoms with van der Waals surface area (Å²) in [6, 6.07) is 0. The topological polar surface area (TPSA) is 111 Å². The minimum absolute atomic E-state index is 0.0438. The number of likely N-dealkylation sites (N-methyl/N-ethyl adjacent to an activating group) is 1. The number of phosphoric ester groups is 1. The van der Waals surface area contributed by atoms with Crippen molar-refractivity contribution in [3.63, 3.8) is 0 Å². The van der Waals surface area contributed by atoms with Gasteiger partial charge in [0.15, 0.2) is 6.10 Å². The van der Waals surface area contributed by atoms with E-state index in [1.807, 2.05) is 21.1 Å². The maximum atomic E-state index is 12.8. The molecule has 0 aliphatic heterocycles. The summed E-state index contributed by atoms with van der Waals surface area (Å²) in [7, 11) is 1.13. The van der Waals surface area contributed by atoms with Crippen LogP contribution >= 0.6 is 7.82 Å². The number of phosphoric acid groups is 1. The number of rotatable bonds is 52. The van der Waals surface area contributed by atoms with E-state index in [-0.39, 0.29) is 26.1 Å². The van der Waals surface area contributed by atoms with Gasteiger partial charge in [-0.1, -0.05) is 218 Å². The quantitative estimate of drug-likeness (QED) is 0.0195. The highest BCUT2D eigenvalue weighted by atomic mass is 31.2. The lowest BCUT2D eigenvalue weighted by molar-refractivity contribution is -0.870. The molecule has 0 aliphatic rings. The van der Waals surface area contributed by atoms with Crippen LogP contribution in [0, 0.1) is 0 Å². The van der Waals surface area contributed by atoms with Crippen LogP contribution in [0.15, 0.2) is 134 Å². The summed E-state index contributed by atoms with van der Waals surface area (Å²) >= 11 is 0. The first-order chi connectivity index (χ1) is 36.5. The first-order valence-corrected chi connectivity index (χ1v) is 30.9. The van der Waals surface area contributed by atoms with E-state index in [1.54, 1.807) is 0 Å². The first kappa shape index (κ1) is 71.2. The molecule has 426 valence electrons. The zero-order valence-electron chi connectivity index (χ0n) is 48.2. The number of hydrogen-bond donors (Lipinski definition) is 0. The van der Waals surface area contributed by atoms with Crippen molar-refractivity contribution in [2.75, 3.05) is 47.5 Å². The minimum Gasteiger partial charge on any atom is -0.756 e. The van der Waals surface area contributed by atoms with E-state index in [2.05, 4.69) is 148 Å². The molecule has 0 radical (unpaired) electrons. The average Bonchev–Trinajstić information content (AvgIpc) is 3.37. The maximum Gasteiger partial charge on any atom is 0.306 e. The number of nitrogens with zero attached hydrogens (tertiary/aromatic N) is 1. The van der Waals surface area contributed by atoms with Crippen molar-refractivity contribution in [1.29, 1.82) is 0 Å². The van der Waals surface area contributed by atoms with Gasteiger partial charge in [0.25, 0.3) is 7.82 Å². The number of ether oxygens (including phenoxy) is 2. The summed E-state index contributed by atoms with van der Waals surface area (Å²) in [5.41, 5.74) is 0. The molecule has 0 aliphatic carbocycles. The van der Waals surface area contributed by atoms with Crippen molar-refractivity contribution in [1.82, 2.24) is 0 Å². The van der Waals surface area contributed by atoms with Gasteiger partial charge in [-0.2, -0.15) is 0 Å². The number of unbranched alkanes of at least 4 members (excludes halogenated alkanes) is 16. The Kier molecular flexibility index (Phi) is 52.1. The van der Waals surface area contributed by atoms with Crippen molar-refractivity contribution in [3.05, 3.63) is 134 Å². The van der Waals surface area contributed by atoms with Crippen molar-refractivity contribution in [3.8, 4) is 0 Å². The van der Waals surface area contributed by atoms with E-state index in [9.17, 15) is 19.0 Å². The molecule has 10 heteroatoms. The number of carbonyl (C=O) groups is 2. The average molecular weight is 1060 g/mol. The highest BCUT2D eigenvalue weighted by molar-refractivity contribution is 7.45. The summed E-state index contributed by atoms with van der Waals surface area (Å²) in [5.74, 6) is -0.874. The van der Waals surface area contributed by atoms with Gasteiger partial charge >= 0.3 is 11.9 Å². The Hall–Kier alpha value is -3.85. The minimum atomic E-state index is -4.65. The molecule has 0 N–H and O–H groups in total. The third kappa shape index (κ3) is 59.3. The molecule has 0 aromatic heterocycles. The summed E-state index contributed by atoms with van der Waals surface area (Å²) in [5, 5.41) is 0. The zero-order valence-corrected chi connectivity index (χ0v) is 49.1. The lowest BCUT2D eigenvalue weighted by Crippen LogP contribution is -2.37. The molecule has 0 saturated carbocycles. The fourth-order valence-corrected chi connectivity index (χ4v) is 8.11. The largest absolute Gasteiger partial charge is 0.756 e. The smallest absolute Gasteiger partial charge is 0.306 e. The van der Waals surface area contributed by atoms with Crippen LogP contribution in [0.5, 0.6) is 0 Å². The van der Waals surface area contributed by atoms with Gasteiger partial charge in [-0.3, -0.25) is 14.2 Å². The molecule has 2 atom stereocenters. The molecular formula is C65H108NO8P. The van der Waals surface area contributed by atoms with Gasteiger partial charge in [-0.25, -0.2) is 0 Å². The van der Waals surface area contributed by atoms with Crippen LogP contribution in [0.4, 0.5) is 0 Å². The van der Waals surface area contributed by atoms with Crippen molar-refractivity contribution >= 4 is 19.8 Å². The summed E-state index contributed by atoms with van der Waals surface area (Å²) in [4.78, 5) is 37.9. The second-order valence-corrected chi connectivity index (χ2v) is 21.7. The molecule has 9 nitrogen and oxygen atoms in total. The summed E-state index contributed by atoms with van der Waals surface area (Å²) < 4.78 is 34.1. The normalized spacial score (nSPS) is 14.3. The lowest BCUT2D eigenvalue weighted by Gasteiger charge is -2.28. The number of allylic oxidation sites excluding steroid dienone is 22. The van der Waals surface area contributed by atoms with E-state index >= 15 is 0 Å². The third-order valence-corrected chi connectivity index (χ3v) is 12.9. The Morgan fingerprint density at radius 2 is 0.760 bits per heavy atom. The van der Waals surface area contributed by atoms with Crippen LogP contribution < -0.4 is 4.89 Å². The van der Waals surface area contributed by atoms with Crippen LogP contribution in [0.25, 0.3) is 0 Å². The van der Waals surface area contributed by atoms with Crippen LogP contribution in [-0.4, -0.2) is 70.0 Å². The van der Waals surface area contributed by atoms with Gasteiger partial charge in [-0.05, 0) is 116 Å². The second kappa shape index (κ2) is 54.9. The molecule has 0 aromatic carbocycles. The van der Waals surface area contributed by atoms with Gasteiger partial charge in [0.2, 0.25) is 0 Å². The molecule has 0 saturated heterocycles. The summed E-state index contributed by atoms with van der Waals surface area (Å²) in [6.07, 6.45) is 79.2. The lowest BCUT2D eigenvalue weighted by atomic mass is 10.1. The molecule has 0 rings (SSSR count). The molecule has 0 bridgehead atoms. The second-order valence-electron chi connectivity index (χ2n) is 20.3. The predicted octanol–water partition coefficient (Wildman–Crippen LogP) is 17.9. The van der Waals surface area contributed by atoms with E-state index in [0.29, 0.717) is 23.9 Å². The highest BCUT2D eigenvalue weighted by Gasteiger charge is 2.21. The summed E-state index contributed by atoms with van der Waals surface area (Å²) in [6.45, 7) is 4.06. The van der Waals surface area contributed by atoms with Crippen molar-refractivity contribution in [2.45, 2.75) is 219 Å². The molecule has 0 amide bonds. The Balaban J connectivity index is 4.26. The fourth-order valence-electron chi connectivity index (χ4n) is 7.38. The Morgan fingerprint density at radius 1 is 0.427 bits per heavy atom. The fraction of sp³-hybridized carbons (Fsp3) is 0.631. The third-order valence-electron chi connectivity index (χ3n) is 11.9. The van der Waals surface area contributed by atoms with E-state index in [4.69, 9.17) is 18.5 Å². The Morgan fingerprint density at radius 3 is 1.13 bits per heavy atom. The van der Waals surface area contributed by atoms with Crippen LogP contribution in [0.2, 0.25) is 0 Å². The number of hydrogen-bond acceptors (Lipinski definition) is 8. The SMILES string of the molecule is CC/C=C\C/C=C\C/C=C\C/C=C\C/C=C\C/C=C\C/C=C\C/C=C\C/C=C\CCCCCCCC(=O)OC(COC(=O)CCCCCCCCC/C=C\C/C=C\CCCCCC)COP(=O)([O-])OCC[N+](C)(C)C. The standard InChI is InChI=1S/C65H108NO8P/c1-6-8-10-12-14-16-18-20-22-24-26-27-28-29-30-31-32-33-34-35-36-37-38-39-40-42-44-46-48-50-52-54-56-58-65(68)74-63(62-73-75(69,70)72-60-59-66(3,4)5)61-71-64(67)57-55-53-51-49-47-45-43-41-25-23-21-19-17-15-13-11-9-7-2/h8,10,14,16-17,19-20,22-23,25-27,29-30,32-33,35-36,38-39,42,44,63H,6-7,9,11-13,15,18,21,24,28,31,34,37,40-41,43,45-62H2,1-5H3/b10-8-,16-14-,19-17-,22-20-,25-23-,27-26-,30-29-,33-32-,36-35-,39-38-,44-42-. The molecule has 2 unspecified atom stereocenters. The number of esters is 2. The molecule has 0 fully saturated rings. The number of carbonyl (C=O) groups excluding carboxylic acids is 2. The molecule has 0 heterocycles. The van der Waals surface area contributed by atoms with E-state index in [1.165, 1.54) is 51.4 Å². The zero-order chi connectivity index (χ0) is 54.9. The highest BCUT2D eigenvalue weighted by Crippen LogP contribution is 2.38. The van der Waals surface area contributed by atoms with Gasteiger partial charge in [0, 0.05) is 12.8 Å². The van der Waals surface area contributed by atoms with Crippen LogP contribution in [0.3, 0.4) is 0 Å². The molecule has 0 aromatic rings. The van der Waals surface area contributed by atoms with Gasteiger partial charge in [0.1, 0.15) is 19.8 Å². The van der Waals surface area contributed by atoms with Gasteiger partial charge in [-0.15, -0.1) is 0 Å². The van der Waals surface area contributed by atoms with E-state index in [0.717, 1.165) is 122 Å². The molecular weight excluding hydrogens is 954 g/mol. The molecule has 0 spiro atoms. The Bertz CT molecular complexity index is 1730. The molecule has 75 heavy (non-hydrogen) atoms. The van der Waals surface area contributed by atoms with Gasteiger partial charge < -0.3 is 27.9 Å². The monoisotopic (exact) mass is 1060 g/mol. The first-order valence-electron chi connectivity index (χ1n) is 29.4. The maximum absolute atomic E-state index is 12.8. The Labute approximate surface area is 460 Å². The van der Waals surface area contributed by atoms with Crippen LogP contribution in [0.1, 0.15) is 213 Å². The number of quaternary nitrogens is 1.